The van der Waals surface area contributed by atoms with E-state index in [1.165, 1.54) is 0 Å². The molecule has 0 aliphatic carbocycles. The van der Waals surface area contributed by atoms with E-state index in [-0.39, 0.29) is 12.6 Å². The molecule has 0 spiro atoms. The fourth-order valence-corrected chi connectivity index (χ4v) is 2.65. The number of rotatable bonds is 7. The molecule has 1 N–H and O–H groups in total. The molecule has 0 atom stereocenters. The van der Waals surface area contributed by atoms with Crippen molar-refractivity contribution in [2.45, 2.75) is 19.9 Å². The number of aliphatic hydroxyl groups excluding tert-OH is 1. The molecule has 0 aliphatic rings. The molecule has 1 aromatic carbocycles. The Morgan fingerprint density at radius 3 is 2.83 bits per heavy atom. The lowest BCUT2D eigenvalue weighted by Crippen LogP contribution is -2.35. The third-order valence-electron chi connectivity index (χ3n) is 3.75. The van der Waals surface area contributed by atoms with Crippen molar-refractivity contribution < 1.29 is 14.3 Å². The van der Waals surface area contributed by atoms with Crippen molar-refractivity contribution in [3.63, 3.8) is 0 Å². The zero-order valence-corrected chi connectivity index (χ0v) is 13.4. The van der Waals surface area contributed by atoms with Crippen LogP contribution in [0.5, 0.6) is 0 Å². The second-order valence-corrected chi connectivity index (χ2v) is 5.60. The Bertz CT molecular complexity index is 785. The Morgan fingerprint density at radius 2 is 2.04 bits per heavy atom. The number of ether oxygens (including phenoxy) is 1. The molecule has 2 aromatic heterocycles. The van der Waals surface area contributed by atoms with Crippen LogP contribution in [0.1, 0.15) is 13.8 Å². The van der Waals surface area contributed by atoms with Gasteiger partial charge in [-0.15, -0.1) is 0 Å². The Hall–Kier alpha value is -2.18. The number of furan rings is 1. The number of aromatic nitrogens is 2. The highest BCUT2D eigenvalue weighted by Gasteiger charge is 2.19. The van der Waals surface area contributed by atoms with E-state index in [0.29, 0.717) is 25.3 Å². The van der Waals surface area contributed by atoms with Gasteiger partial charge >= 0.3 is 0 Å². The van der Waals surface area contributed by atoms with Crippen LogP contribution in [0, 0.1) is 0 Å². The van der Waals surface area contributed by atoms with Gasteiger partial charge in [-0.3, -0.25) is 0 Å². The Labute approximate surface area is 134 Å². The minimum absolute atomic E-state index is 0.0308. The van der Waals surface area contributed by atoms with Crippen molar-refractivity contribution in [3.8, 4) is 0 Å². The zero-order valence-electron chi connectivity index (χ0n) is 13.4. The van der Waals surface area contributed by atoms with Crippen LogP contribution in [0.25, 0.3) is 22.1 Å². The summed E-state index contributed by atoms with van der Waals surface area (Å²) in [5.41, 5.74) is 2.33. The van der Waals surface area contributed by atoms with Gasteiger partial charge in [-0.2, -0.15) is 0 Å². The summed E-state index contributed by atoms with van der Waals surface area (Å²) in [4.78, 5) is 11.0. The average molecular weight is 315 g/mol. The quantitative estimate of drug-likeness (QED) is 0.676. The Kier molecular flexibility index (Phi) is 4.73. The largest absolute Gasteiger partial charge is 0.450 e. The van der Waals surface area contributed by atoms with Crippen molar-refractivity contribution in [3.05, 3.63) is 30.6 Å². The summed E-state index contributed by atoms with van der Waals surface area (Å²) >= 11 is 0. The third kappa shape index (κ3) is 3.13. The van der Waals surface area contributed by atoms with Crippen molar-refractivity contribution in [2.75, 3.05) is 31.3 Å². The highest BCUT2D eigenvalue weighted by molar-refractivity contribution is 6.05. The molecule has 0 aliphatic heterocycles. The van der Waals surface area contributed by atoms with Gasteiger partial charge < -0.3 is 19.2 Å². The molecule has 6 nitrogen and oxygen atoms in total. The van der Waals surface area contributed by atoms with Gasteiger partial charge in [0.05, 0.1) is 19.8 Å². The van der Waals surface area contributed by atoms with E-state index in [2.05, 4.69) is 28.7 Å². The molecule has 122 valence electrons. The molecule has 23 heavy (non-hydrogen) atoms. The monoisotopic (exact) mass is 315 g/mol. The predicted molar refractivity (Wildman–Crippen MR) is 89.7 cm³/mol. The second kappa shape index (κ2) is 6.93. The molecule has 2 heterocycles. The molecule has 0 fully saturated rings. The fourth-order valence-electron chi connectivity index (χ4n) is 2.65. The highest BCUT2D eigenvalue weighted by Crippen LogP contribution is 2.32. The summed E-state index contributed by atoms with van der Waals surface area (Å²) in [6.45, 7) is 5.76. The fraction of sp³-hybridized carbons (Fsp3) is 0.412. The maximum absolute atomic E-state index is 8.81. The first-order valence-corrected chi connectivity index (χ1v) is 7.80. The van der Waals surface area contributed by atoms with E-state index in [4.69, 9.17) is 14.3 Å². The van der Waals surface area contributed by atoms with E-state index in [0.717, 1.165) is 22.3 Å². The van der Waals surface area contributed by atoms with Gasteiger partial charge in [0, 0.05) is 18.0 Å². The summed E-state index contributed by atoms with van der Waals surface area (Å²) < 4.78 is 11.4. The first-order valence-electron chi connectivity index (χ1n) is 7.80. The Balaban J connectivity index is 1.99. The first-order chi connectivity index (χ1) is 11.2. The molecule has 6 heteroatoms. The molecule has 0 saturated carbocycles. The number of anilines is 1. The zero-order chi connectivity index (χ0) is 16.2. The van der Waals surface area contributed by atoms with Crippen LogP contribution in [0.3, 0.4) is 0 Å². The third-order valence-corrected chi connectivity index (χ3v) is 3.75. The SMILES string of the molecule is CC(C)N(CCOCCO)c1ncnc2c1oc1ccccc12. The number of para-hydroxylation sites is 1. The minimum Gasteiger partial charge on any atom is -0.450 e. The first kappa shape index (κ1) is 15.7. The second-order valence-electron chi connectivity index (χ2n) is 5.60. The van der Waals surface area contributed by atoms with Crippen LogP contribution >= 0.6 is 0 Å². The molecular formula is C17H21N3O3. The van der Waals surface area contributed by atoms with Crippen LogP contribution in [-0.4, -0.2) is 47.5 Å². The smallest absolute Gasteiger partial charge is 0.196 e. The summed E-state index contributed by atoms with van der Waals surface area (Å²) in [5.74, 6) is 0.772. The number of nitrogens with zero attached hydrogens (tertiary/aromatic N) is 3. The van der Waals surface area contributed by atoms with Gasteiger partial charge in [0.2, 0.25) is 0 Å². The van der Waals surface area contributed by atoms with E-state index in [1.807, 2.05) is 24.3 Å². The maximum Gasteiger partial charge on any atom is 0.196 e. The molecule has 0 bridgehead atoms. The Morgan fingerprint density at radius 1 is 1.22 bits per heavy atom. The number of aliphatic hydroxyl groups is 1. The van der Waals surface area contributed by atoms with Gasteiger partial charge in [0.1, 0.15) is 17.4 Å². The van der Waals surface area contributed by atoms with Crippen LogP contribution in [0.2, 0.25) is 0 Å². The molecule has 0 saturated heterocycles. The molecular weight excluding hydrogens is 294 g/mol. The van der Waals surface area contributed by atoms with Gasteiger partial charge in [-0.25, -0.2) is 9.97 Å². The van der Waals surface area contributed by atoms with Crippen LogP contribution in [-0.2, 0) is 4.74 Å². The molecule has 3 rings (SSSR count). The van der Waals surface area contributed by atoms with Crippen molar-refractivity contribution in [2.24, 2.45) is 0 Å². The number of fused-ring (bicyclic) bond motifs is 3. The standard InChI is InChI=1S/C17H21N3O3/c1-12(2)20(7-9-22-10-8-21)17-16-15(18-11-19-17)13-5-3-4-6-14(13)23-16/h3-6,11-12,21H,7-10H2,1-2H3. The lowest BCUT2D eigenvalue weighted by Gasteiger charge is -2.27. The van der Waals surface area contributed by atoms with Gasteiger partial charge in [-0.1, -0.05) is 12.1 Å². The number of hydrogen-bond donors (Lipinski definition) is 1. The topological polar surface area (TPSA) is 71.6 Å². The summed E-state index contributed by atoms with van der Waals surface area (Å²) in [6, 6.07) is 8.09. The van der Waals surface area contributed by atoms with E-state index in [1.54, 1.807) is 6.33 Å². The minimum atomic E-state index is 0.0308. The van der Waals surface area contributed by atoms with Crippen molar-refractivity contribution in [1.82, 2.24) is 9.97 Å². The highest BCUT2D eigenvalue weighted by atomic mass is 16.5. The van der Waals surface area contributed by atoms with E-state index < -0.39 is 0 Å². The van der Waals surface area contributed by atoms with Crippen molar-refractivity contribution in [1.29, 1.82) is 0 Å². The molecule has 0 unspecified atom stereocenters. The van der Waals surface area contributed by atoms with Crippen LogP contribution in [0.4, 0.5) is 5.82 Å². The lowest BCUT2D eigenvalue weighted by atomic mass is 10.2. The molecule has 3 aromatic rings. The van der Waals surface area contributed by atoms with Crippen molar-refractivity contribution >= 4 is 27.9 Å². The lowest BCUT2D eigenvalue weighted by molar-refractivity contribution is 0.0960. The van der Waals surface area contributed by atoms with E-state index >= 15 is 0 Å². The van der Waals surface area contributed by atoms with Gasteiger partial charge in [-0.05, 0) is 26.0 Å². The number of benzene rings is 1. The molecule has 0 radical (unpaired) electrons. The van der Waals surface area contributed by atoms with Crippen LogP contribution in [0.15, 0.2) is 35.0 Å². The van der Waals surface area contributed by atoms with Gasteiger partial charge in [0.25, 0.3) is 0 Å². The summed E-state index contributed by atoms with van der Waals surface area (Å²) in [5, 5.41) is 9.80. The summed E-state index contributed by atoms with van der Waals surface area (Å²) in [7, 11) is 0. The number of hydrogen-bond acceptors (Lipinski definition) is 6. The maximum atomic E-state index is 8.81. The normalized spacial score (nSPS) is 11.7. The predicted octanol–water partition coefficient (Wildman–Crippen LogP) is 2.60. The van der Waals surface area contributed by atoms with E-state index in [9.17, 15) is 0 Å². The van der Waals surface area contributed by atoms with Gasteiger partial charge in [0.15, 0.2) is 11.4 Å². The average Bonchev–Trinajstić information content (AvgIpc) is 2.94. The summed E-state index contributed by atoms with van der Waals surface area (Å²) in [6.07, 6.45) is 1.57. The van der Waals surface area contributed by atoms with Crippen LogP contribution < -0.4 is 4.90 Å². The molecule has 0 amide bonds.